The smallest absolute Gasteiger partial charge is 0.106 e. The SMILES string of the molecule is Cc1cccc(C(O)c2cccc(Cl)c2Cl)c1. The van der Waals surface area contributed by atoms with E-state index in [2.05, 4.69) is 0 Å². The summed E-state index contributed by atoms with van der Waals surface area (Å²) in [6.45, 7) is 1.98. The van der Waals surface area contributed by atoms with Crippen molar-refractivity contribution < 1.29 is 5.11 Å². The zero-order valence-corrected chi connectivity index (χ0v) is 10.8. The molecule has 0 spiro atoms. The Labute approximate surface area is 111 Å². The van der Waals surface area contributed by atoms with E-state index in [1.54, 1.807) is 18.2 Å². The lowest BCUT2D eigenvalue weighted by Crippen LogP contribution is -2.00. The third kappa shape index (κ3) is 2.63. The summed E-state index contributed by atoms with van der Waals surface area (Å²) in [5.41, 5.74) is 2.54. The van der Waals surface area contributed by atoms with E-state index in [9.17, 15) is 5.11 Å². The van der Waals surface area contributed by atoms with Gasteiger partial charge in [0.2, 0.25) is 0 Å². The molecule has 0 aliphatic heterocycles. The van der Waals surface area contributed by atoms with E-state index in [-0.39, 0.29) is 0 Å². The molecule has 1 N–H and O–H groups in total. The van der Waals surface area contributed by atoms with Crippen LogP contribution in [0, 0.1) is 6.92 Å². The van der Waals surface area contributed by atoms with Gasteiger partial charge in [-0.1, -0.05) is 65.2 Å². The van der Waals surface area contributed by atoms with E-state index in [4.69, 9.17) is 23.2 Å². The molecule has 0 aliphatic carbocycles. The maximum Gasteiger partial charge on any atom is 0.106 e. The van der Waals surface area contributed by atoms with Crippen molar-refractivity contribution in [2.75, 3.05) is 0 Å². The highest BCUT2D eigenvalue weighted by Crippen LogP contribution is 2.33. The first-order valence-electron chi connectivity index (χ1n) is 5.28. The van der Waals surface area contributed by atoms with Crippen molar-refractivity contribution in [2.45, 2.75) is 13.0 Å². The predicted molar refractivity (Wildman–Crippen MR) is 71.7 cm³/mol. The second-order valence-corrected chi connectivity index (χ2v) is 4.74. The Morgan fingerprint density at radius 3 is 2.47 bits per heavy atom. The molecule has 0 heterocycles. The molecule has 2 aromatic rings. The van der Waals surface area contributed by atoms with Crippen LogP contribution in [0.25, 0.3) is 0 Å². The van der Waals surface area contributed by atoms with Gasteiger partial charge in [-0.15, -0.1) is 0 Å². The van der Waals surface area contributed by atoms with Gasteiger partial charge in [0.05, 0.1) is 10.0 Å². The van der Waals surface area contributed by atoms with Crippen molar-refractivity contribution in [1.82, 2.24) is 0 Å². The summed E-state index contributed by atoms with van der Waals surface area (Å²) in [7, 11) is 0. The quantitative estimate of drug-likeness (QED) is 0.855. The number of rotatable bonds is 2. The zero-order chi connectivity index (χ0) is 12.4. The van der Waals surface area contributed by atoms with Gasteiger partial charge in [0.25, 0.3) is 0 Å². The number of aliphatic hydroxyl groups excluding tert-OH is 1. The first-order valence-corrected chi connectivity index (χ1v) is 6.03. The molecule has 0 saturated carbocycles. The highest BCUT2D eigenvalue weighted by Gasteiger charge is 2.15. The normalized spacial score (nSPS) is 12.5. The lowest BCUT2D eigenvalue weighted by molar-refractivity contribution is 0.220. The van der Waals surface area contributed by atoms with Gasteiger partial charge in [0, 0.05) is 5.56 Å². The van der Waals surface area contributed by atoms with E-state index in [0.717, 1.165) is 11.1 Å². The molecule has 0 saturated heterocycles. The van der Waals surface area contributed by atoms with Crippen LogP contribution >= 0.6 is 23.2 Å². The van der Waals surface area contributed by atoms with Crippen molar-refractivity contribution in [1.29, 1.82) is 0 Å². The highest BCUT2D eigenvalue weighted by molar-refractivity contribution is 6.42. The fourth-order valence-corrected chi connectivity index (χ4v) is 2.16. The molecule has 2 rings (SSSR count). The van der Waals surface area contributed by atoms with Gasteiger partial charge in [0.1, 0.15) is 6.10 Å². The maximum absolute atomic E-state index is 10.3. The summed E-state index contributed by atoms with van der Waals surface area (Å²) < 4.78 is 0. The molecule has 0 amide bonds. The Morgan fingerprint density at radius 2 is 1.76 bits per heavy atom. The molecule has 0 radical (unpaired) electrons. The van der Waals surface area contributed by atoms with E-state index < -0.39 is 6.10 Å². The Balaban J connectivity index is 2.44. The fourth-order valence-electron chi connectivity index (χ4n) is 1.75. The Kier molecular flexibility index (Phi) is 3.72. The summed E-state index contributed by atoms with van der Waals surface area (Å²) in [4.78, 5) is 0. The van der Waals surface area contributed by atoms with Crippen LogP contribution in [0.5, 0.6) is 0 Å². The largest absolute Gasteiger partial charge is 0.384 e. The van der Waals surface area contributed by atoms with Crippen molar-refractivity contribution in [2.24, 2.45) is 0 Å². The molecular weight excluding hydrogens is 255 g/mol. The molecule has 1 atom stereocenters. The van der Waals surface area contributed by atoms with Crippen LogP contribution in [0.4, 0.5) is 0 Å². The lowest BCUT2D eigenvalue weighted by atomic mass is 10.00. The standard InChI is InChI=1S/C14H12Cl2O/c1-9-4-2-5-10(8-9)14(17)11-6-3-7-12(15)13(11)16/h2-8,14,17H,1H3. The van der Waals surface area contributed by atoms with E-state index in [0.29, 0.717) is 15.6 Å². The maximum atomic E-state index is 10.3. The first-order chi connectivity index (χ1) is 8.09. The minimum atomic E-state index is -0.749. The van der Waals surface area contributed by atoms with Crippen molar-refractivity contribution in [3.8, 4) is 0 Å². The number of hydrogen-bond donors (Lipinski definition) is 1. The minimum absolute atomic E-state index is 0.406. The van der Waals surface area contributed by atoms with Crippen LogP contribution in [-0.2, 0) is 0 Å². The summed E-state index contributed by atoms with van der Waals surface area (Å²) >= 11 is 12.0. The van der Waals surface area contributed by atoms with E-state index in [1.165, 1.54) is 0 Å². The van der Waals surface area contributed by atoms with Gasteiger partial charge in [0.15, 0.2) is 0 Å². The van der Waals surface area contributed by atoms with Crippen molar-refractivity contribution in [3.63, 3.8) is 0 Å². The Bertz CT molecular complexity index is 537. The number of benzene rings is 2. The molecule has 0 aliphatic rings. The Morgan fingerprint density at radius 1 is 1.06 bits per heavy atom. The van der Waals surface area contributed by atoms with Gasteiger partial charge >= 0.3 is 0 Å². The van der Waals surface area contributed by atoms with Gasteiger partial charge in [-0.3, -0.25) is 0 Å². The molecule has 1 unspecified atom stereocenters. The molecule has 1 nitrogen and oxygen atoms in total. The van der Waals surface area contributed by atoms with E-state index in [1.807, 2.05) is 31.2 Å². The average Bonchev–Trinajstić information content (AvgIpc) is 2.32. The molecule has 3 heteroatoms. The number of hydrogen-bond acceptors (Lipinski definition) is 1. The second kappa shape index (κ2) is 5.09. The van der Waals surface area contributed by atoms with Crippen LogP contribution in [-0.4, -0.2) is 5.11 Å². The fraction of sp³-hybridized carbons (Fsp3) is 0.143. The van der Waals surface area contributed by atoms with Crippen LogP contribution in [0.2, 0.25) is 10.0 Å². The molecule has 17 heavy (non-hydrogen) atoms. The highest BCUT2D eigenvalue weighted by atomic mass is 35.5. The van der Waals surface area contributed by atoms with Crippen LogP contribution < -0.4 is 0 Å². The van der Waals surface area contributed by atoms with Crippen LogP contribution in [0.15, 0.2) is 42.5 Å². The third-order valence-electron chi connectivity index (χ3n) is 2.63. The zero-order valence-electron chi connectivity index (χ0n) is 9.32. The third-order valence-corrected chi connectivity index (χ3v) is 3.47. The monoisotopic (exact) mass is 266 g/mol. The van der Waals surface area contributed by atoms with Crippen molar-refractivity contribution >= 4 is 23.2 Å². The predicted octanol–water partition coefficient (Wildman–Crippen LogP) is 4.38. The molecular formula is C14H12Cl2O. The molecule has 0 fully saturated rings. The van der Waals surface area contributed by atoms with E-state index >= 15 is 0 Å². The summed E-state index contributed by atoms with van der Waals surface area (Å²) in [6, 6.07) is 13.0. The van der Waals surface area contributed by atoms with Gasteiger partial charge < -0.3 is 5.11 Å². The van der Waals surface area contributed by atoms with Crippen LogP contribution in [0.1, 0.15) is 22.8 Å². The summed E-state index contributed by atoms with van der Waals surface area (Å²) in [5, 5.41) is 11.1. The first kappa shape index (κ1) is 12.4. The second-order valence-electron chi connectivity index (χ2n) is 3.96. The molecule has 0 aromatic heterocycles. The topological polar surface area (TPSA) is 20.2 Å². The van der Waals surface area contributed by atoms with Gasteiger partial charge in [-0.25, -0.2) is 0 Å². The van der Waals surface area contributed by atoms with Gasteiger partial charge in [-0.2, -0.15) is 0 Å². The lowest BCUT2D eigenvalue weighted by Gasteiger charge is -2.14. The minimum Gasteiger partial charge on any atom is -0.384 e. The Hall–Kier alpha value is -1.02. The average molecular weight is 267 g/mol. The molecule has 2 aromatic carbocycles. The van der Waals surface area contributed by atoms with Gasteiger partial charge in [-0.05, 0) is 18.6 Å². The molecule has 0 bridgehead atoms. The number of halogens is 2. The summed E-state index contributed by atoms with van der Waals surface area (Å²) in [5.74, 6) is 0. The summed E-state index contributed by atoms with van der Waals surface area (Å²) in [6.07, 6.45) is -0.749. The number of aryl methyl sites for hydroxylation is 1. The number of aliphatic hydroxyl groups is 1. The van der Waals surface area contributed by atoms with Crippen LogP contribution in [0.3, 0.4) is 0 Å². The molecule has 88 valence electrons. The van der Waals surface area contributed by atoms with Crippen molar-refractivity contribution in [3.05, 3.63) is 69.2 Å².